The Balaban J connectivity index is 0.000000198. The molecular formula is C118H161FN4O17S2. The van der Waals surface area contributed by atoms with Crippen LogP contribution >= 0.6 is 0 Å². The number of aromatic nitrogens is 3. The molecule has 21 nitrogen and oxygen atoms in total. The number of hydrogen-bond donors (Lipinski definition) is 1. The van der Waals surface area contributed by atoms with Crippen LogP contribution in [0.2, 0.25) is 0 Å². The maximum Gasteiger partial charge on any atom is 0.316 e. The molecule has 0 bridgehead atoms. The second-order valence-electron chi connectivity index (χ2n) is 43.7. The molecule has 774 valence electrons. The Labute approximate surface area is 848 Å². The first-order chi connectivity index (χ1) is 66.3. The second-order valence-corrected chi connectivity index (χ2v) is 48.2. The smallest absolute Gasteiger partial charge is 0.316 e. The van der Waals surface area contributed by atoms with E-state index in [1.54, 1.807) is 13.0 Å². The van der Waals surface area contributed by atoms with Gasteiger partial charge in [-0.1, -0.05) is 97.9 Å². The van der Waals surface area contributed by atoms with E-state index in [2.05, 4.69) is 242 Å². The zero-order chi connectivity index (χ0) is 105. The van der Waals surface area contributed by atoms with Crippen molar-refractivity contribution in [3.8, 4) is 84.8 Å². The lowest BCUT2D eigenvalue weighted by atomic mass is 9.90. The minimum atomic E-state index is -2.99. The lowest BCUT2D eigenvalue weighted by molar-refractivity contribution is -0.128. The van der Waals surface area contributed by atoms with E-state index in [1.807, 2.05) is 111 Å². The van der Waals surface area contributed by atoms with Gasteiger partial charge < -0.3 is 62.1 Å². The van der Waals surface area contributed by atoms with Crippen LogP contribution in [0.15, 0.2) is 146 Å². The van der Waals surface area contributed by atoms with Gasteiger partial charge in [-0.3, -0.25) is 4.79 Å². The van der Waals surface area contributed by atoms with Crippen LogP contribution in [0.25, 0.3) is 55.6 Å². The Morgan fingerprint density at radius 1 is 0.493 bits per heavy atom. The fourth-order valence-corrected chi connectivity index (χ4v) is 19.0. The molecule has 1 atom stereocenters. The monoisotopic (exact) mass is 1990 g/mol. The largest absolute Gasteiger partial charge is 0.493 e. The van der Waals surface area contributed by atoms with Crippen molar-refractivity contribution in [1.82, 2.24) is 19.9 Å². The molecule has 10 aromatic rings. The molecule has 13 rings (SSSR count). The molecule has 3 saturated heterocycles. The fraction of sp³-hybridized carbons (Fsp3) is 0.508. The van der Waals surface area contributed by atoms with Crippen LogP contribution < -0.4 is 23.7 Å². The summed E-state index contributed by atoms with van der Waals surface area (Å²) < 4.78 is 125. The van der Waals surface area contributed by atoms with Crippen molar-refractivity contribution >= 4 is 25.6 Å². The molecule has 142 heavy (non-hydrogen) atoms. The molecule has 2 aromatic heterocycles. The van der Waals surface area contributed by atoms with E-state index in [9.17, 15) is 26.7 Å². The SMILES string of the molecule is Cc1cc(OC2CCS(=O)(=O)CC2)cc(C)c1-c1cccc(COC(C)(C)C)c1.Cc1cc(OCC2(C)COC2)c(F)c(C)c1-c1cccc(COC(C)(C)C)c1.Cc1cc(OCCN2CCCC2=O)nc(C)c1-c1cccc(COC(C)(C)C)c1.Cc1cc(OCC[C@@H](C)O)cc(C)c1-c1cccc(COC(C)(C)C)c1C.Cc1nc(OCCCS(C)(=O)=O)nc(C)c1-c1cccc(COC(C)(C)C)c1C. The quantitative estimate of drug-likeness (QED) is 0.0375. The van der Waals surface area contributed by atoms with Crippen molar-refractivity contribution in [2.24, 2.45) is 5.41 Å². The summed E-state index contributed by atoms with van der Waals surface area (Å²) in [6.07, 6.45) is 4.64. The number of rotatable bonds is 33. The Hall–Kier alpha value is -9.99. The number of sulfone groups is 2. The van der Waals surface area contributed by atoms with Gasteiger partial charge in [0, 0.05) is 53.9 Å². The van der Waals surface area contributed by atoms with E-state index < -0.39 is 19.7 Å². The van der Waals surface area contributed by atoms with Crippen molar-refractivity contribution in [3.05, 3.63) is 246 Å². The molecule has 1 N–H and O–H groups in total. The molecule has 0 radical (unpaired) electrons. The maximum absolute atomic E-state index is 15.0. The Bertz CT molecular complexity index is 6040. The highest BCUT2D eigenvalue weighted by atomic mass is 32.2. The lowest BCUT2D eigenvalue weighted by Crippen LogP contribution is -2.44. The van der Waals surface area contributed by atoms with Crippen LogP contribution in [0.5, 0.6) is 29.1 Å². The normalized spacial score (nSPS) is 14.6. The van der Waals surface area contributed by atoms with E-state index in [1.165, 1.54) is 50.8 Å². The van der Waals surface area contributed by atoms with Gasteiger partial charge in [0.1, 0.15) is 34.0 Å². The van der Waals surface area contributed by atoms with Crippen molar-refractivity contribution < 1.29 is 83.2 Å². The molecule has 24 heteroatoms. The number of nitrogens with zero attached hydrogens (tertiary/aromatic N) is 4. The predicted octanol–water partition coefficient (Wildman–Crippen LogP) is 25.7. The average molecular weight is 1990 g/mol. The summed E-state index contributed by atoms with van der Waals surface area (Å²) in [4.78, 5) is 27.2. The number of aliphatic hydroxyl groups is 1. The highest BCUT2D eigenvalue weighted by Crippen LogP contribution is 2.41. The highest BCUT2D eigenvalue weighted by molar-refractivity contribution is 7.91. The van der Waals surface area contributed by atoms with Gasteiger partial charge in [-0.25, -0.2) is 26.2 Å². The predicted molar refractivity (Wildman–Crippen MR) is 572 cm³/mol. The summed E-state index contributed by atoms with van der Waals surface area (Å²) in [5.41, 5.74) is 28.4. The molecule has 0 unspecified atom stereocenters. The van der Waals surface area contributed by atoms with Gasteiger partial charge in [0.25, 0.3) is 0 Å². The Morgan fingerprint density at radius 3 is 1.37 bits per heavy atom. The van der Waals surface area contributed by atoms with Crippen molar-refractivity contribution in [1.29, 1.82) is 0 Å². The van der Waals surface area contributed by atoms with Crippen LogP contribution in [-0.4, -0.2) is 164 Å². The molecular weight excluding hydrogens is 1830 g/mol. The number of halogens is 1. The zero-order valence-corrected chi connectivity index (χ0v) is 92.2. The third kappa shape index (κ3) is 36.9. The summed E-state index contributed by atoms with van der Waals surface area (Å²) in [5, 5.41) is 9.39. The Morgan fingerprint density at radius 2 is 0.923 bits per heavy atom. The fourth-order valence-electron chi connectivity index (χ4n) is 17.0. The summed E-state index contributed by atoms with van der Waals surface area (Å²) >= 11 is 0. The first-order valence-electron chi connectivity index (χ1n) is 49.9. The van der Waals surface area contributed by atoms with E-state index in [0.717, 1.165) is 125 Å². The number of aryl methyl sites for hydroxylation is 9. The Kier molecular flexibility index (Phi) is 41.3. The number of amides is 1. The van der Waals surface area contributed by atoms with Gasteiger partial charge in [0.15, 0.2) is 21.4 Å². The van der Waals surface area contributed by atoms with Gasteiger partial charge in [-0.15, -0.1) is 0 Å². The van der Waals surface area contributed by atoms with Crippen molar-refractivity contribution in [2.45, 2.75) is 313 Å². The molecule has 3 aliphatic rings. The lowest BCUT2D eigenvalue weighted by Gasteiger charge is -2.37. The molecule has 8 aromatic carbocycles. The maximum atomic E-state index is 15.0. The number of ether oxygens (including phenoxy) is 11. The van der Waals surface area contributed by atoms with E-state index in [4.69, 9.17) is 52.1 Å². The summed E-state index contributed by atoms with van der Waals surface area (Å²) in [6, 6.07) is 50.0. The summed E-state index contributed by atoms with van der Waals surface area (Å²) in [6.45, 7) is 66.6. The molecule has 1 amide bonds. The third-order valence-corrected chi connectivity index (χ3v) is 27.2. The van der Waals surface area contributed by atoms with E-state index >= 15 is 4.39 Å². The highest BCUT2D eigenvalue weighted by Gasteiger charge is 2.35. The number of hydrogen-bond acceptors (Lipinski definition) is 20. The van der Waals surface area contributed by atoms with Gasteiger partial charge in [-0.2, -0.15) is 9.97 Å². The second kappa shape index (κ2) is 50.7. The first kappa shape index (κ1) is 116. The third-order valence-electron chi connectivity index (χ3n) is 24.5. The van der Waals surface area contributed by atoms with Crippen LogP contribution in [-0.2, 0) is 85.9 Å². The van der Waals surface area contributed by atoms with E-state index in [0.29, 0.717) is 122 Å². The minimum Gasteiger partial charge on any atom is -0.493 e. The van der Waals surface area contributed by atoms with Crippen molar-refractivity contribution in [3.63, 3.8) is 0 Å². The van der Waals surface area contributed by atoms with Crippen LogP contribution in [0.3, 0.4) is 0 Å². The number of pyridine rings is 1. The number of carbonyl (C=O) groups excluding carboxylic acids is 1. The summed E-state index contributed by atoms with van der Waals surface area (Å²) in [7, 11) is -5.87. The van der Waals surface area contributed by atoms with Crippen LogP contribution in [0.4, 0.5) is 4.39 Å². The van der Waals surface area contributed by atoms with Gasteiger partial charge in [-0.05, 0) is 390 Å². The standard InChI is InChI=1S/C24H31FO3.C24H32N2O3.C24H32O4S.C24H34O3.C22H32N2O4S/c1-16-10-20(27-15-24(6)13-26-14-24)22(25)17(2)21(16)19-9-7-8-18(11-19)12-28-23(3,4)5;1-17-14-21(28-13-12-26-11-7-10-22(26)27)25-18(2)23(17)20-9-6-8-19(15-20)16-29-24(3,4)5;1-17-13-22(28-21-9-11-29(25,26)12-10-21)14-18(2)23(17)20-8-6-7-19(15-20)16-27-24(3,4)5;1-16-13-21(26-12-11-18(3)25)14-17(2)23(16)22-10-8-9-20(19(22)4)15-27-24(5,6)7;1-15-18(14-28-22(4,5)6)10-8-11-19(15)20-16(2)23-21(24-17(20)3)27-12-9-13-29(7,25)26/h7-11H,12-15H2,1-6H3;6,8-9,14-15H,7,10-13,16H2,1-5H3;6-8,13-15,21H,9-12,16H2,1-5H3;8-10,13-14,18,25H,11-12,15H2,1-7H3;8,10-11H,9,12-14H2,1-7H3/t;;;18-;/m...1./s1. The van der Waals surface area contributed by atoms with Crippen LogP contribution in [0.1, 0.15) is 251 Å². The number of benzene rings is 8. The molecule has 3 fully saturated rings. The van der Waals surface area contributed by atoms with Crippen LogP contribution in [0, 0.1) is 94.3 Å². The number of likely N-dealkylation sites (tertiary alicyclic amines) is 1. The molecule has 3 aliphatic heterocycles. The number of aliphatic hydroxyl groups excluding tert-OH is 1. The topological polar surface area (TPSA) is 249 Å². The summed E-state index contributed by atoms with van der Waals surface area (Å²) in [5.74, 6) is 3.07. The minimum absolute atomic E-state index is 0.0195. The molecule has 0 aliphatic carbocycles. The number of carbonyl (C=O) groups is 1. The first-order valence-corrected chi connectivity index (χ1v) is 53.8. The molecule has 0 spiro atoms. The van der Waals surface area contributed by atoms with E-state index in [-0.39, 0.29) is 87.2 Å². The van der Waals surface area contributed by atoms with Gasteiger partial charge in [0.2, 0.25) is 11.8 Å². The van der Waals surface area contributed by atoms with Gasteiger partial charge >= 0.3 is 6.01 Å². The molecule has 0 saturated carbocycles. The molecule has 5 heterocycles. The van der Waals surface area contributed by atoms with Crippen molar-refractivity contribution in [2.75, 3.05) is 76.2 Å². The van der Waals surface area contributed by atoms with Gasteiger partial charge in [0.05, 0.1) is 135 Å². The zero-order valence-electron chi connectivity index (χ0n) is 90.5. The average Bonchev–Trinajstić information content (AvgIpc) is 0.829.